The fourth-order valence-electron chi connectivity index (χ4n) is 2.06. The van der Waals surface area contributed by atoms with Crippen LogP contribution in [0.2, 0.25) is 5.02 Å². The van der Waals surface area contributed by atoms with E-state index in [9.17, 15) is 4.79 Å². The maximum Gasteiger partial charge on any atom is 0.237 e. The van der Waals surface area contributed by atoms with Crippen LogP contribution >= 0.6 is 24.0 Å². The van der Waals surface area contributed by atoms with Crippen LogP contribution in [0.1, 0.15) is 30.5 Å². The number of carbonyl (C=O) groups is 1. The van der Waals surface area contributed by atoms with E-state index >= 15 is 0 Å². The Balaban J connectivity index is 0.00000144. The third-order valence-electron chi connectivity index (χ3n) is 2.94. The standard InChI is InChI=1S/C12H15ClN2O.ClH/c1-7(14)12(16)15-11-6-5-8-9(11)3-2-4-10(8)13;/h2-4,7,11H,5-6,14H2,1H3,(H,15,16);1H/t7-,11?;/m0./s1. The topological polar surface area (TPSA) is 55.1 Å². The van der Waals surface area contributed by atoms with E-state index in [1.54, 1.807) is 6.92 Å². The highest BCUT2D eigenvalue weighted by Crippen LogP contribution is 2.35. The van der Waals surface area contributed by atoms with Gasteiger partial charge in [0.15, 0.2) is 0 Å². The van der Waals surface area contributed by atoms with Gasteiger partial charge in [-0.05, 0) is 37.0 Å². The minimum atomic E-state index is -0.469. The molecule has 2 atom stereocenters. The number of rotatable bonds is 2. The number of nitrogens with two attached hydrogens (primary N) is 1. The number of benzene rings is 1. The van der Waals surface area contributed by atoms with Gasteiger partial charge in [0.1, 0.15) is 0 Å². The van der Waals surface area contributed by atoms with Crippen molar-refractivity contribution in [2.24, 2.45) is 5.73 Å². The largest absolute Gasteiger partial charge is 0.348 e. The zero-order valence-electron chi connectivity index (χ0n) is 9.57. The average Bonchev–Trinajstić information content (AvgIpc) is 2.63. The lowest BCUT2D eigenvalue weighted by molar-refractivity contribution is -0.122. The second kappa shape index (κ2) is 5.71. The maximum atomic E-state index is 11.5. The number of halogens is 2. The first-order valence-corrected chi connectivity index (χ1v) is 5.80. The van der Waals surface area contributed by atoms with Crippen molar-refractivity contribution in [2.75, 3.05) is 0 Å². The van der Waals surface area contributed by atoms with Crippen molar-refractivity contribution in [3.05, 3.63) is 34.3 Å². The molecular formula is C12H16Cl2N2O. The summed E-state index contributed by atoms with van der Waals surface area (Å²) in [5.41, 5.74) is 7.80. The molecule has 3 nitrogen and oxygen atoms in total. The molecule has 0 aliphatic heterocycles. The molecule has 3 N–H and O–H groups in total. The Morgan fingerprint density at radius 2 is 2.29 bits per heavy atom. The van der Waals surface area contributed by atoms with Crippen LogP contribution in [-0.2, 0) is 11.2 Å². The van der Waals surface area contributed by atoms with Crippen LogP contribution in [0.5, 0.6) is 0 Å². The number of hydrogen-bond acceptors (Lipinski definition) is 2. The Hall–Kier alpha value is -0.770. The molecule has 2 rings (SSSR count). The van der Waals surface area contributed by atoms with Crippen LogP contribution in [0.25, 0.3) is 0 Å². The zero-order chi connectivity index (χ0) is 11.7. The van der Waals surface area contributed by atoms with E-state index in [0.717, 1.165) is 29.0 Å². The van der Waals surface area contributed by atoms with Crippen LogP contribution < -0.4 is 11.1 Å². The highest BCUT2D eigenvalue weighted by atomic mass is 35.5. The fourth-order valence-corrected chi connectivity index (χ4v) is 2.34. The Morgan fingerprint density at radius 3 is 2.94 bits per heavy atom. The molecule has 0 fully saturated rings. The summed E-state index contributed by atoms with van der Waals surface area (Å²) in [7, 11) is 0. The molecule has 1 aliphatic rings. The molecule has 0 spiro atoms. The van der Waals surface area contributed by atoms with Gasteiger partial charge in [0, 0.05) is 5.02 Å². The number of fused-ring (bicyclic) bond motifs is 1. The van der Waals surface area contributed by atoms with E-state index in [1.807, 2.05) is 18.2 Å². The van der Waals surface area contributed by atoms with Crippen molar-refractivity contribution in [3.8, 4) is 0 Å². The third kappa shape index (κ3) is 2.92. The molecular weight excluding hydrogens is 259 g/mol. The number of nitrogens with one attached hydrogen (secondary N) is 1. The molecule has 17 heavy (non-hydrogen) atoms. The first-order chi connectivity index (χ1) is 7.59. The quantitative estimate of drug-likeness (QED) is 0.869. The molecule has 1 amide bonds. The lowest BCUT2D eigenvalue weighted by atomic mass is 10.1. The van der Waals surface area contributed by atoms with Gasteiger partial charge in [-0.1, -0.05) is 23.7 Å². The van der Waals surface area contributed by atoms with E-state index < -0.39 is 6.04 Å². The summed E-state index contributed by atoms with van der Waals surface area (Å²) in [6, 6.07) is 5.41. The van der Waals surface area contributed by atoms with Crippen molar-refractivity contribution >= 4 is 29.9 Å². The molecule has 1 aliphatic carbocycles. The molecule has 0 radical (unpaired) electrons. The summed E-state index contributed by atoms with van der Waals surface area (Å²) in [6.07, 6.45) is 1.82. The first kappa shape index (κ1) is 14.3. The predicted molar refractivity (Wildman–Crippen MR) is 71.6 cm³/mol. The third-order valence-corrected chi connectivity index (χ3v) is 3.30. The highest BCUT2D eigenvalue weighted by Gasteiger charge is 2.25. The van der Waals surface area contributed by atoms with E-state index in [1.165, 1.54) is 0 Å². The Morgan fingerprint density at radius 1 is 1.59 bits per heavy atom. The summed E-state index contributed by atoms with van der Waals surface area (Å²) < 4.78 is 0. The van der Waals surface area contributed by atoms with Gasteiger partial charge in [-0.3, -0.25) is 4.79 Å². The lowest BCUT2D eigenvalue weighted by Gasteiger charge is -2.15. The monoisotopic (exact) mass is 274 g/mol. The Bertz CT molecular complexity index is 421. The zero-order valence-corrected chi connectivity index (χ0v) is 11.1. The minimum absolute atomic E-state index is 0. The van der Waals surface area contributed by atoms with Gasteiger partial charge in [-0.2, -0.15) is 0 Å². The van der Waals surface area contributed by atoms with Gasteiger partial charge >= 0.3 is 0 Å². The molecule has 1 unspecified atom stereocenters. The highest BCUT2D eigenvalue weighted by molar-refractivity contribution is 6.31. The average molecular weight is 275 g/mol. The Kier molecular flexibility index (Phi) is 4.80. The molecule has 0 saturated heterocycles. The molecule has 0 bridgehead atoms. The minimum Gasteiger partial charge on any atom is -0.348 e. The van der Waals surface area contributed by atoms with Gasteiger partial charge in [0.25, 0.3) is 0 Å². The van der Waals surface area contributed by atoms with Crippen molar-refractivity contribution in [1.82, 2.24) is 5.32 Å². The summed E-state index contributed by atoms with van der Waals surface area (Å²) >= 11 is 6.10. The summed E-state index contributed by atoms with van der Waals surface area (Å²) in [5.74, 6) is -0.113. The first-order valence-electron chi connectivity index (χ1n) is 5.43. The normalized spacial score (nSPS) is 19.1. The smallest absolute Gasteiger partial charge is 0.237 e. The van der Waals surface area contributed by atoms with E-state index in [4.69, 9.17) is 17.3 Å². The van der Waals surface area contributed by atoms with Crippen LogP contribution in [-0.4, -0.2) is 11.9 Å². The van der Waals surface area contributed by atoms with Crippen LogP contribution in [0, 0.1) is 0 Å². The van der Waals surface area contributed by atoms with Crippen molar-refractivity contribution in [3.63, 3.8) is 0 Å². The number of carbonyl (C=O) groups excluding carboxylic acids is 1. The Labute approximate surface area is 112 Å². The second-order valence-electron chi connectivity index (χ2n) is 4.20. The SMILES string of the molecule is C[C@H](N)C(=O)NC1CCc2c(Cl)cccc21.Cl. The van der Waals surface area contributed by atoms with Crippen LogP contribution in [0.4, 0.5) is 0 Å². The predicted octanol–water partition coefficient (Wildman–Crippen LogP) is 2.21. The molecule has 5 heteroatoms. The molecule has 1 aromatic rings. The summed E-state index contributed by atoms with van der Waals surface area (Å²) in [5, 5.41) is 3.73. The van der Waals surface area contributed by atoms with Gasteiger partial charge in [0.2, 0.25) is 5.91 Å². The molecule has 0 aromatic heterocycles. The summed E-state index contributed by atoms with van der Waals surface area (Å²) in [6.45, 7) is 1.68. The van der Waals surface area contributed by atoms with E-state index in [0.29, 0.717) is 0 Å². The lowest BCUT2D eigenvalue weighted by Crippen LogP contribution is -2.39. The number of amides is 1. The number of hydrogen-bond donors (Lipinski definition) is 2. The van der Waals surface area contributed by atoms with Crippen molar-refractivity contribution in [1.29, 1.82) is 0 Å². The van der Waals surface area contributed by atoms with Gasteiger partial charge < -0.3 is 11.1 Å². The van der Waals surface area contributed by atoms with E-state index in [2.05, 4.69) is 5.32 Å². The molecule has 94 valence electrons. The second-order valence-corrected chi connectivity index (χ2v) is 4.60. The molecule has 1 aromatic carbocycles. The fraction of sp³-hybridized carbons (Fsp3) is 0.417. The van der Waals surface area contributed by atoms with E-state index in [-0.39, 0.29) is 24.4 Å². The van der Waals surface area contributed by atoms with Crippen molar-refractivity contribution < 1.29 is 4.79 Å². The van der Waals surface area contributed by atoms with Gasteiger partial charge in [0.05, 0.1) is 12.1 Å². The van der Waals surface area contributed by atoms with Crippen LogP contribution in [0.3, 0.4) is 0 Å². The van der Waals surface area contributed by atoms with Gasteiger partial charge in [-0.25, -0.2) is 0 Å². The van der Waals surface area contributed by atoms with Crippen molar-refractivity contribution in [2.45, 2.75) is 31.8 Å². The van der Waals surface area contributed by atoms with Crippen LogP contribution in [0.15, 0.2) is 18.2 Å². The maximum absolute atomic E-state index is 11.5. The molecule has 0 saturated carbocycles. The van der Waals surface area contributed by atoms with Gasteiger partial charge in [-0.15, -0.1) is 12.4 Å². The summed E-state index contributed by atoms with van der Waals surface area (Å²) in [4.78, 5) is 11.5. The molecule has 0 heterocycles.